The quantitative estimate of drug-likeness (QED) is 0.0269. The van der Waals surface area contributed by atoms with Gasteiger partial charge in [0.2, 0.25) is 5.91 Å². The lowest BCUT2D eigenvalue weighted by molar-refractivity contribution is -0.302. The van der Waals surface area contributed by atoms with Crippen LogP contribution in [0.15, 0.2) is 12.2 Å². The number of rotatable bonds is 38. The molecule has 0 aliphatic carbocycles. The van der Waals surface area contributed by atoms with Crippen molar-refractivity contribution in [2.75, 3.05) is 13.2 Å². The molecule has 1 heterocycles. The van der Waals surface area contributed by atoms with E-state index in [-0.39, 0.29) is 12.5 Å². The largest absolute Gasteiger partial charge is 0.394 e. The molecule has 1 amide bonds. The van der Waals surface area contributed by atoms with Crippen LogP contribution >= 0.6 is 0 Å². The van der Waals surface area contributed by atoms with E-state index in [0.717, 1.165) is 44.9 Å². The molecule has 0 aromatic heterocycles. The SMILES string of the molecule is CCCCCCCCCCC/C=C/CCCC[C@@H](O)[C@H](CO[C@H]1O[C@@H](CO)[C@H](O)C(O)C1O)NC(=O)CCCCCCCCCCCCCCCCCC. The number of aliphatic hydroxyl groups is 5. The van der Waals surface area contributed by atoms with Gasteiger partial charge in [0.05, 0.1) is 25.4 Å². The Morgan fingerprint density at radius 1 is 0.611 bits per heavy atom. The van der Waals surface area contributed by atoms with Crippen molar-refractivity contribution in [1.29, 1.82) is 0 Å². The average Bonchev–Trinajstić information content (AvgIpc) is 3.17. The van der Waals surface area contributed by atoms with Gasteiger partial charge in [0, 0.05) is 6.42 Å². The second kappa shape index (κ2) is 36.3. The zero-order valence-corrected chi connectivity index (χ0v) is 35.0. The smallest absolute Gasteiger partial charge is 0.220 e. The number of hydrogen-bond donors (Lipinski definition) is 6. The Hall–Kier alpha value is -1.07. The lowest BCUT2D eigenvalue weighted by Crippen LogP contribution is -2.60. The summed E-state index contributed by atoms with van der Waals surface area (Å²) in [6.45, 7) is 3.82. The Morgan fingerprint density at radius 2 is 1.04 bits per heavy atom. The van der Waals surface area contributed by atoms with Gasteiger partial charge in [-0.1, -0.05) is 180 Å². The third-order valence-electron chi connectivity index (χ3n) is 11.1. The van der Waals surface area contributed by atoms with Crippen molar-refractivity contribution in [3.05, 3.63) is 12.2 Å². The van der Waals surface area contributed by atoms with Crippen LogP contribution in [-0.2, 0) is 14.3 Å². The molecule has 9 nitrogen and oxygen atoms in total. The van der Waals surface area contributed by atoms with Crippen molar-refractivity contribution in [3.63, 3.8) is 0 Å². The average molecular weight is 770 g/mol. The van der Waals surface area contributed by atoms with Crippen LogP contribution in [0.3, 0.4) is 0 Å². The zero-order chi connectivity index (χ0) is 39.5. The van der Waals surface area contributed by atoms with Gasteiger partial charge in [0.1, 0.15) is 24.4 Å². The van der Waals surface area contributed by atoms with Gasteiger partial charge in [0.15, 0.2) is 6.29 Å². The van der Waals surface area contributed by atoms with Gasteiger partial charge in [-0.05, 0) is 38.5 Å². The molecule has 0 aromatic carbocycles. The first-order chi connectivity index (χ1) is 26.3. The number of unbranched alkanes of at least 4 members (excludes halogenated alkanes) is 26. The number of amides is 1. The standard InChI is InChI=1S/C45H87NO8/c1-3-5-7-9-11-13-15-17-19-21-23-25-27-29-31-33-35-41(49)46-38(37-53-45-44(52)43(51)42(50)40(36-47)54-45)39(48)34-32-30-28-26-24-22-20-18-16-14-12-10-8-6-4-2/h24,26,38-40,42-45,47-48,50-52H,3-23,25,27-37H2,1-2H3,(H,46,49)/b26-24+/t38-,39+,40-,42-,43?,44?,45-/m0/s1. The van der Waals surface area contributed by atoms with E-state index in [2.05, 4.69) is 31.3 Å². The highest BCUT2D eigenvalue weighted by molar-refractivity contribution is 5.76. The number of aliphatic hydroxyl groups excluding tert-OH is 5. The monoisotopic (exact) mass is 770 g/mol. The first kappa shape index (κ1) is 50.9. The number of ether oxygens (including phenoxy) is 2. The van der Waals surface area contributed by atoms with Crippen molar-refractivity contribution in [2.45, 2.75) is 256 Å². The molecule has 7 atom stereocenters. The molecular weight excluding hydrogens is 682 g/mol. The lowest BCUT2D eigenvalue weighted by Gasteiger charge is -2.40. The summed E-state index contributed by atoms with van der Waals surface area (Å²) in [6, 6.07) is -0.729. The van der Waals surface area contributed by atoms with Gasteiger partial charge < -0.3 is 40.3 Å². The predicted octanol–water partition coefficient (Wildman–Crippen LogP) is 9.34. The molecule has 1 rings (SSSR count). The molecule has 1 aliphatic heterocycles. The number of allylic oxidation sites excluding steroid dienone is 2. The summed E-state index contributed by atoms with van der Waals surface area (Å²) >= 11 is 0. The first-order valence-electron chi connectivity index (χ1n) is 22.9. The molecule has 1 aliphatic rings. The summed E-state index contributed by atoms with van der Waals surface area (Å²) in [4.78, 5) is 13.0. The highest BCUT2D eigenvalue weighted by Gasteiger charge is 2.44. The summed E-state index contributed by atoms with van der Waals surface area (Å²) < 4.78 is 11.2. The minimum Gasteiger partial charge on any atom is -0.394 e. The maximum atomic E-state index is 13.0. The number of nitrogens with one attached hydrogen (secondary N) is 1. The van der Waals surface area contributed by atoms with Gasteiger partial charge in [-0.3, -0.25) is 4.79 Å². The fourth-order valence-electron chi connectivity index (χ4n) is 7.39. The molecule has 1 saturated heterocycles. The third-order valence-corrected chi connectivity index (χ3v) is 11.1. The molecule has 6 N–H and O–H groups in total. The second-order valence-electron chi connectivity index (χ2n) is 16.2. The topological polar surface area (TPSA) is 149 Å². The summed E-state index contributed by atoms with van der Waals surface area (Å²) in [5.41, 5.74) is 0. The zero-order valence-electron chi connectivity index (χ0n) is 35.0. The Balaban J connectivity index is 2.35. The highest BCUT2D eigenvalue weighted by atomic mass is 16.7. The lowest BCUT2D eigenvalue weighted by atomic mass is 9.99. The van der Waals surface area contributed by atoms with Gasteiger partial charge in [-0.2, -0.15) is 0 Å². The van der Waals surface area contributed by atoms with Gasteiger partial charge in [0.25, 0.3) is 0 Å². The van der Waals surface area contributed by atoms with Crippen LogP contribution in [0.5, 0.6) is 0 Å². The van der Waals surface area contributed by atoms with Crippen molar-refractivity contribution < 1.29 is 39.8 Å². The van der Waals surface area contributed by atoms with E-state index in [1.807, 2.05) is 0 Å². The molecule has 0 aromatic rings. The Bertz CT molecular complexity index is 858. The van der Waals surface area contributed by atoms with Crippen LogP contribution in [-0.4, -0.2) is 87.5 Å². The fourth-order valence-corrected chi connectivity index (χ4v) is 7.39. The predicted molar refractivity (Wildman–Crippen MR) is 221 cm³/mol. The van der Waals surface area contributed by atoms with Gasteiger partial charge in [-0.15, -0.1) is 0 Å². The molecule has 54 heavy (non-hydrogen) atoms. The second-order valence-corrected chi connectivity index (χ2v) is 16.2. The Labute approximate surface area is 331 Å². The van der Waals surface area contributed by atoms with E-state index in [9.17, 15) is 30.3 Å². The van der Waals surface area contributed by atoms with Crippen molar-refractivity contribution in [2.24, 2.45) is 0 Å². The molecule has 320 valence electrons. The summed E-state index contributed by atoms with van der Waals surface area (Å²) in [6.07, 6.45) is 33.6. The van der Waals surface area contributed by atoms with E-state index in [1.54, 1.807) is 0 Å². The van der Waals surface area contributed by atoms with Crippen LogP contribution in [0.25, 0.3) is 0 Å². The van der Waals surface area contributed by atoms with E-state index < -0.39 is 49.5 Å². The summed E-state index contributed by atoms with van der Waals surface area (Å²) in [5, 5.41) is 54.3. The van der Waals surface area contributed by atoms with Crippen molar-refractivity contribution in [1.82, 2.24) is 5.32 Å². The fraction of sp³-hybridized carbons (Fsp3) is 0.933. The Kier molecular flexibility index (Phi) is 34.2. The first-order valence-corrected chi connectivity index (χ1v) is 22.9. The van der Waals surface area contributed by atoms with Crippen LogP contribution in [0.4, 0.5) is 0 Å². The molecule has 0 saturated carbocycles. The van der Waals surface area contributed by atoms with E-state index in [1.165, 1.54) is 141 Å². The molecule has 1 fully saturated rings. The number of carbonyl (C=O) groups excluding carboxylic acids is 1. The van der Waals surface area contributed by atoms with Crippen LogP contribution < -0.4 is 5.32 Å². The summed E-state index contributed by atoms with van der Waals surface area (Å²) in [7, 11) is 0. The normalized spacial score (nSPS) is 21.5. The Morgan fingerprint density at radius 3 is 1.50 bits per heavy atom. The molecule has 0 bridgehead atoms. The van der Waals surface area contributed by atoms with Gasteiger partial charge >= 0.3 is 0 Å². The molecule has 0 spiro atoms. The number of hydrogen-bond acceptors (Lipinski definition) is 8. The van der Waals surface area contributed by atoms with E-state index in [4.69, 9.17) is 9.47 Å². The third kappa shape index (κ3) is 26.7. The molecule has 0 radical (unpaired) electrons. The minimum absolute atomic E-state index is 0.146. The van der Waals surface area contributed by atoms with Crippen molar-refractivity contribution in [3.8, 4) is 0 Å². The summed E-state index contributed by atoms with van der Waals surface area (Å²) in [5.74, 6) is -0.152. The van der Waals surface area contributed by atoms with Crippen LogP contribution in [0, 0.1) is 0 Å². The maximum absolute atomic E-state index is 13.0. The van der Waals surface area contributed by atoms with Gasteiger partial charge in [-0.25, -0.2) is 0 Å². The van der Waals surface area contributed by atoms with Crippen molar-refractivity contribution >= 4 is 5.91 Å². The number of carbonyl (C=O) groups is 1. The highest BCUT2D eigenvalue weighted by Crippen LogP contribution is 2.23. The molecular formula is C45H87NO8. The maximum Gasteiger partial charge on any atom is 0.220 e. The van der Waals surface area contributed by atoms with E-state index >= 15 is 0 Å². The van der Waals surface area contributed by atoms with Crippen LogP contribution in [0.2, 0.25) is 0 Å². The molecule has 2 unspecified atom stereocenters. The minimum atomic E-state index is -1.55. The van der Waals surface area contributed by atoms with E-state index in [0.29, 0.717) is 12.8 Å². The molecule has 9 heteroatoms. The van der Waals surface area contributed by atoms with Crippen LogP contribution in [0.1, 0.15) is 213 Å².